The molecule has 23 heavy (non-hydrogen) atoms. The van der Waals surface area contributed by atoms with Crippen molar-refractivity contribution in [2.75, 3.05) is 31.6 Å². The number of amides is 1. The quantitative estimate of drug-likeness (QED) is 0.812. The Kier molecular flexibility index (Phi) is 3.29. The molecule has 1 spiro atoms. The number of fused-ring (bicyclic) bond motifs is 1. The lowest BCUT2D eigenvalue weighted by Gasteiger charge is -2.37. The highest BCUT2D eigenvalue weighted by Crippen LogP contribution is 2.42. The van der Waals surface area contributed by atoms with Gasteiger partial charge in [-0.3, -0.25) is 9.78 Å². The maximum absolute atomic E-state index is 12.7. The van der Waals surface area contributed by atoms with Crippen LogP contribution in [-0.2, 0) is 4.79 Å². The van der Waals surface area contributed by atoms with Gasteiger partial charge in [0.15, 0.2) is 0 Å². The van der Waals surface area contributed by atoms with Gasteiger partial charge in [-0.25, -0.2) is 0 Å². The number of anilines is 1. The number of benzene rings is 1. The largest absolute Gasteiger partial charge is 0.370 e. The standard InChI is InChI=1S/C19H23N3O/c1-14-12-17(15-6-3-4-7-16(15)20-14)22-11-9-19(13-22)8-5-10-21(2)18(19)23/h3-4,6-7,12H,5,8-11,13H2,1-2H3/t19-/m1/s1. The number of carbonyl (C=O) groups is 1. The number of aromatic nitrogens is 1. The Morgan fingerprint density at radius 3 is 2.87 bits per heavy atom. The predicted molar refractivity (Wildman–Crippen MR) is 92.6 cm³/mol. The first-order valence-electron chi connectivity index (χ1n) is 8.46. The van der Waals surface area contributed by atoms with Crippen LogP contribution in [0, 0.1) is 12.3 Å². The van der Waals surface area contributed by atoms with E-state index in [9.17, 15) is 4.79 Å². The molecular formula is C19H23N3O. The third-order valence-corrected chi connectivity index (χ3v) is 5.47. The highest BCUT2D eigenvalue weighted by molar-refractivity contribution is 5.93. The molecule has 0 saturated carbocycles. The number of likely N-dealkylation sites (tertiary alicyclic amines) is 1. The van der Waals surface area contributed by atoms with Crippen molar-refractivity contribution >= 4 is 22.5 Å². The molecule has 0 aliphatic carbocycles. The van der Waals surface area contributed by atoms with Crippen LogP contribution >= 0.6 is 0 Å². The van der Waals surface area contributed by atoms with E-state index in [2.05, 4.69) is 34.1 Å². The molecule has 1 aromatic heterocycles. The Morgan fingerprint density at radius 2 is 2.00 bits per heavy atom. The van der Waals surface area contributed by atoms with E-state index in [0.717, 1.165) is 50.1 Å². The summed E-state index contributed by atoms with van der Waals surface area (Å²) in [5, 5.41) is 1.19. The fraction of sp³-hybridized carbons (Fsp3) is 0.474. The van der Waals surface area contributed by atoms with Crippen LogP contribution < -0.4 is 4.90 Å². The topological polar surface area (TPSA) is 36.4 Å². The normalized spacial score (nSPS) is 24.9. The maximum atomic E-state index is 12.7. The second kappa shape index (κ2) is 5.22. The van der Waals surface area contributed by atoms with E-state index in [1.165, 1.54) is 11.1 Å². The first-order chi connectivity index (χ1) is 11.1. The Balaban J connectivity index is 1.72. The molecule has 1 atom stereocenters. The molecule has 1 amide bonds. The highest BCUT2D eigenvalue weighted by Gasteiger charge is 2.47. The molecule has 120 valence electrons. The van der Waals surface area contributed by atoms with Crippen molar-refractivity contribution in [3.05, 3.63) is 36.0 Å². The van der Waals surface area contributed by atoms with Gasteiger partial charge in [-0.1, -0.05) is 18.2 Å². The lowest BCUT2D eigenvalue weighted by molar-refractivity contribution is -0.143. The van der Waals surface area contributed by atoms with E-state index >= 15 is 0 Å². The molecule has 2 aliphatic heterocycles. The van der Waals surface area contributed by atoms with Crippen molar-refractivity contribution in [1.29, 1.82) is 0 Å². The Labute approximate surface area is 137 Å². The molecule has 0 radical (unpaired) electrons. The number of nitrogens with zero attached hydrogens (tertiary/aromatic N) is 3. The fourth-order valence-electron chi connectivity index (χ4n) is 4.27. The van der Waals surface area contributed by atoms with E-state index < -0.39 is 0 Å². The minimum absolute atomic E-state index is 0.175. The first-order valence-corrected chi connectivity index (χ1v) is 8.46. The average molecular weight is 309 g/mol. The van der Waals surface area contributed by atoms with Crippen LogP contribution in [0.15, 0.2) is 30.3 Å². The summed E-state index contributed by atoms with van der Waals surface area (Å²) in [6.07, 6.45) is 3.10. The molecule has 0 unspecified atom stereocenters. The van der Waals surface area contributed by atoms with E-state index in [4.69, 9.17) is 0 Å². The molecule has 1 aromatic carbocycles. The number of pyridine rings is 1. The van der Waals surface area contributed by atoms with Gasteiger partial charge in [-0.15, -0.1) is 0 Å². The van der Waals surface area contributed by atoms with Gasteiger partial charge in [0.1, 0.15) is 0 Å². The predicted octanol–water partition coefficient (Wildman–Crippen LogP) is 2.99. The van der Waals surface area contributed by atoms with Gasteiger partial charge >= 0.3 is 0 Å². The Bertz CT molecular complexity index is 772. The molecule has 2 aromatic rings. The van der Waals surface area contributed by atoms with Gasteiger partial charge in [0, 0.05) is 43.4 Å². The third-order valence-electron chi connectivity index (χ3n) is 5.47. The van der Waals surface area contributed by atoms with E-state index in [-0.39, 0.29) is 5.41 Å². The van der Waals surface area contributed by atoms with Crippen molar-refractivity contribution < 1.29 is 4.79 Å². The zero-order valence-corrected chi connectivity index (χ0v) is 13.9. The van der Waals surface area contributed by atoms with Crippen molar-refractivity contribution in [3.63, 3.8) is 0 Å². The average Bonchev–Trinajstić information content (AvgIpc) is 2.97. The SMILES string of the molecule is Cc1cc(N2CC[C@]3(CCCN(C)C3=O)C2)c2ccccc2n1. The van der Waals surface area contributed by atoms with E-state index in [0.29, 0.717) is 5.91 Å². The van der Waals surface area contributed by atoms with Gasteiger partial charge in [-0.05, 0) is 38.3 Å². The lowest BCUT2D eigenvalue weighted by Crippen LogP contribution is -2.48. The highest BCUT2D eigenvalue weighted by atomic mass is 16.2. The second-order valence-corrected chi connectivity index (χ2v) is 7.08. The number of rotatable bonds is 1. The summed E-state index contributed by atoms with van der Waals surface area (Å²) in [5.41, 5.74) is 3.12. The summed E-state index contributed by atoms with van der Waals surface area (Å²) in [7, 11) is 1.94. The van der Waals surface area contributed by atoms with Gasteiger partial charge in [0.2, 0.25) is 5.91 Å². The van der Waals surface area contributed by atoms with E-state index in [1.54, 1.807) is 0 Å². The van der Waals surface area contributed by atoms with Gasteiger partial charge < -0.3 is 9.80 Å². The molecule has 0 N–H and O–H groups in total. The van der Waals surface area contributed by atoms with Crippen LogP contribution in [0.4, 0.5) is 5.69 Å². The van der Waals surface area contributed by atoms with Gasteiger partial charge in [-0.2, -0.15) is 0 Å². The van der Waals surface area contributed by atoms with Gasteiger partial charge in [0.05, 0.1) is 10.9 Å². The van der Waals surface area contributed by atoms with Crippen molar-refractivity contribution in [1.82, 2.24) is 9.88 Å². The molecule has 0 bridgehead atoms. The zero-order valence-electron chi connectivity index (χ0n) is 13.9. The van der Waals surface area contributed by atoms with Crippen LogP contribution in [-0.4, -0.2) is 42.5 Å². The summed E-state index contributed by atoms with van der Waals surface area (Å²) < 4.78 is 0. The molecule has 2 aliphatic rings. The fourth-order valence-corrected chi connectivity index (χ4v) is 4.27. The number of aryl methyl sites for hydroxylation is 1. The van der Waals surface area contributed by atoms with Crippen LogP contribution in [0.3, 0.4) is 0 Å². The smallest absolute Gasteiger partial charge is 0.230 e. The number of hydrogen-bond donors (Lipinski definition) is 0. The molecule has 2 fully saturated rings. The Morgan fingerprint density at radius 1 is 1.17 bits per heavy atom. The molecule has 3 heterocycles. The molecule has 2 saturated heterocycles. The third kappa shape index (κ3) is 2.28. The second-order valence-electron chi connectivity index (χ2n) is 7.08. The van der Waals surface area contributed by atoms with Crippen LogP contribution in [0.1, 0.15) is 25.0 Å². The van der Waals surface area contributed by atoms with Gasteiger partial charge in [0.25, 0.3) is 0 Å². The first kappa shape index (κ1) is 14.5. The molecule has 4 rings (SSSR count). The number of piperidine rings is 1. The molecule has 4 nitrogen and oxygen atoms in total. The molecular weight excluding hydrogens is 286 g/mol. The Hall–Kier alpha value is -2.10. The number of para-hydroxylation sites is 1. The summed E-state index contributed by atoms with van der Waals surface area (Å²) in [6.45, 7) is 4.73. The zero-order chi connectivity index (χ0) is 16.0. The lowest BCUT2D eigenvalue weighted by atomic mass is 9.78. The van der Waals surface area contributed by atoms with E-state index in [1.807, 2.05) is 24.9 Å². The van der Waals surface area contributed by atoms with Crippen molar-refractivity contribution in [2.45, 2.75) is 26.2 Å². The summed E-state index contributed by atoms with van der Waals surface area (Å²) in [6, 6.07) is 10.5. The van der Waals surface area contributed by atoms with Crippen LogP contribution in [0.2, 0.25) is 0 Å². The van der Waals surface area contributed by atoms with Crippen LogP contribution in [0.5, 0.6) is 0 Å². The molecule has 4 heteroatoms. The monoisotopic (exact) mass is 309 g/mol. The van der Waals surface area contributed by atoms with Crippen LogP contribution in [0.25, 0.3) is 10.9 Å². The van der Waals surface area contributed by atoms with Crippen molar-refractivity contribution in [2.24, 2.45) is 5.41 Å². The summed E-state index contributed by atoms with van der Waals surface area (Å²) in [4.78, 5) is 21.7. The maximum Gasteiger partial charge on any atom is 0.230 e. The minimum Gasteiger partial charge on any atom is -0.370 e. The summed E-state index contributed by atoms with van der Waals surface area (Å²) in [5.74, 6) is 0.335. The van der Waals surface area contributed by atoms with Crippen molar-refractivity contribution in [3.8, 4) is 0 Å². The summed E-state index contributed by atoms with van der Waals surface area (Å²) >= 11 is 0. The minimum atomic E-state index is -0.175. The number of hydrogen-bond acceptors (Lipinski definition) is 3. The number of carbonyl (C=O) groups excluding carboxylic acids is 1.